The molecule has 100 valence electrons. The first-order chi connectivity index (χ1) is 8.43. The number of primary amides is 1. The summed E-state index contributed by atoms with van der Waals surface area (Å²) in [6.07, 6.45) is 0. The van der Waals surface area contributed by atoms with Crippen molar-refractivity contribution < 1.29 is 19.1 Å². The van der Waals surface area contributed by atoms with Crippen LogP contribution >= 0.6 is 12.2 Å². The number of morpholine rings is 1. The normalized spacial score (nSPS) is 19.1. The molecular weight excluding hydrogens is 260 g/mol. The van der Waals surface area contributed by atoms with Gasteiger partial charge < -0.3 is 26.4 Å². The summed E-state index contributed by atoms with van der Waals surface area (Å²) < 4.78 is 5.03. The summed E-state index contributed by atoms with van der Waals surface area (Å²) in [6.45, 7) is 0.292. The third kappa shape index (κ3) is 3.64. The average Bonchev–Trinajstić information content (AvgIpc) is 2.34. The summed E-state index contributed by atoms with van der Waals surface area (Å²) >= 11 is 4.57. The van der Waals surface area contributed by atoms with Crippen molar-refractivity contribution >= 4 is 34.9 Å². The summed E-state index contributed by atoms with van der Waals surface area (Å²) in [7, 11) is 0. The molecule has 9 heteroatoms. The van der Waals surface area contributed by atoms with Crippen LogP contribution < -0.4 is 16.8 Å². The second-order valence-corrected chi connectivity index (χ2v) is 4.16. The van der Waals surface area contributed by atoms with Crippen LogP contribution in [-0.4, -0.2) is 60.0 Å². The van der Waals surface area contributed by atoms with Gasteiger partial charge in [0.25, 0.3) is 0 Å². The molecule has 1 rings (SSSR count). The van der Waals surface area contributed by atoms with Crippen molar-refractivity contribution in [1.29, 1.82) is 0 Å². The van der Waals surface area contributed by atoms with Crippen LogP contribution in [0.4, 0.5) is 0 Å². The fourth-order valence-corrected chi connectivity index (χ4v) is 1.53. The minimum absolute atomic E-state index is 0.0103. The number of amides is 3. The van der Waals surface area contributed by atoms with Crippen LogP contribution in [0.25, 0.3) is 0 Å². The van der Waals surface area contributed by atoms with E-state index in [-0.39, 0.29) is 31.3 Å². The van der Waals surface area contributed by atoms with Crippen LogP contribution in [0.3, 0.4) is 0 Å². The van der Waals surface area contributed by atoms with Crippen molar-refractivity contribution in [3.63, 3.8) is 0 Å². The predicted molar refractivity (Wildman–Crippen MR) is 65.3 cm³/mol. The Bertz CT molecular complexity index is 387. The van der Waals surface area contributed by atoms with E-state index >= 15 is 0 Å². The molecule has 0 saturated carbocycles. The SMILES string of the molecule is NC(=O)C1COCCN1C(=O)C(=O)NCC(N)=S. The zero-order valence-electron chi connectivity index (χ0n) is 9.55. The maximum atomic E-state index is 11.8. The van der Waals surface area contributed by atoms with Gasteiger partial charge in [0.05, 0.1) is 24.7 Å². The van der Waals surface area contributed by atoms with Gasteiger partial charge in [-0.05, 0) is 0 Å². The molecule has 1 saturated heterocycles. The van der Waals surface area contributed by atoms with Crippen molar-refractivity contribution in [1.82, 2.24) is 10.2 Å². The number of rotatable bonds is 3. The summed E-state index contributed by atoms with van der Waals surface area (Å²) in [4.78, 5) is 35.6. The zero-order valence-corrected chi connectivity index (χ0v) is 10.4. The van der Waals surface area contributed by atoms with E-state index in [1.165, 1.54) is 0 Å². The van der Waals surface area contributed by atoms with Gasteiger partial charge in [-0.2, -0.15) is 0 Å². The first-order valence-electron chi connectivity index (χ1n) is 5.17. The quantitative estimate of drug-likeness (QED) is 0.374. The van der Waals surface area contributed by atoms with Crippen molar-refractivity contribution in [2.24, 2.45) is 11.5 Å². The molecule has 0 aromatic rings. The topological polar surface area (TPSA) is 128 Å². The fraction of sp³-hybridized carbons (Fsp3) is 0.556. The van der Waals surface area contributed by atoms with Crippen LogP contribution in [0.2, 0.25) is 0 Å². The molecule has 3 amide bonds. The van der Waals surface area contributed by atoms with Gasteiger partial charge in [-0.25, -0.2) is 0 Å². The number of nitrogens with two attached hydrogens (primary N) is 2. The molecule has 1 atom stereocenters. The number of nitrogens with zero attached hydrogens (tertiary/aromatic N) is 1. The Morgan fingerprint density at radius 3 is 2.61 bits per heavy atom. The average molecular weight is 274 g/mol. The number of hydrogen-bond donors (Lipinski definition) is 3. The third-order valence-corrected chi connectivity index (χ3v) is 2.48. The van der Waals surface area contributed by atoms with Crippen LogP contribution in [0, 0.1) is 0 Å². The number of carbonyl (C=O) groups is 3. The van der Waals surface area contributed by atoms with Gasteiger partial charge in [0.15, 0.2) is 0 Å². The summed E-state index contributed by atoms with van der Waals surface area (Å²) in [6, 6.07) is -0.929. The highest BCUT2D eigenvalue weighted by atomic mass is 32.1. The Morgan fingerprint density at radius 1 is 1.39 bits per heavy atom. The zero-order chi connectivity index (χ0) is 13.7. The van der Waals surface area contributed by atoms with Crippen molar-refractivity contribution in [2.75, 3.05) is 26.3 Å². The van der Waals surface area contributed by atoms with Crippen LogP contribution in [-0.2, 0) is 19.1 Å². The minimum atomic E-state index is -0.929. The van der Waals surface area contributed by atoms with Crippen molar-refractivity contribution in [3.8, 4) is 0 Å². The van der Waals surface area contributed by atoms with Gasteiger partial charge >= 0.3 is 11.8 Å². The molecule has 0 bridgehead atoms. The maximum absolute atomic E-state index is 11.8. The van der Waals surface area contributed by atoms with E-state index < -0.39 is 23.8 Å². The van der Waals surface area contributed by atoms with Gasteiger partial charge in [0.2, 0.25) is 5.91 Å². The van der Waals surface area contributed by atoms with Crippen molar-refractivity contribution in [3.05, 3.63) is 0 Å². The first-order valence-corrected chi connectivity index (χ1v) is 5.58. The van der Waals surface area contributed by atoms with Gasteiger partial charge in [-0.15, -0.1) is 0 Å². The fourth-order valence-electron chi connectivity index (χ4n) is 1.46. The smallest absolute Gasteiger partial charge is 0.312 e. The van der Waals surface area contributed by atoms with Gasteiger partial charge in [0, 0.05) is 6.54 Å². The van der Waals surface area contributed by atoms with Crippen LogP contribution in [0.1, 0.15) is 0 Å². The van der Waals surface area contributed by atoms with E-state index in [0.717, 1.165) is 4.90 Å². The molecule has 0 aromatic heterocycles. The number of hydrogen-bond acceptors (Lipinski definition) is 5. The molecule has 0 spiro atoms. The lowest BCUT2D eigenvalue weighted by Gasteiger charge is -2.32. The number of ether oxygens (including phenoxy) is 1. The Labute approximate surface area is 109 Å². The molecule has 0 aliphatic carbocycles. The molecule has 5 N–H and O–H groups in total. The highest BCUT2D eigenvalue weighted by Crippen LogP contribution is 2.06. The molecular formula is C9H14N4O4S. The second-order valence-electron chi connectivity index (χ2n) is 3.64. The van der Waals surface area contributed by atoms with Gasteiger partial charge in [-0.1, -0.05) is 12.2 Å². The van der Waals surface area contributed by atoms with Crippen LogP contribution in [0.5, 0.6) is 0 Å². The summed E-state index contributed by atoms with van der Waals surface area (Å²) in [5.74, 6) is -2.44. The lowest BCUT2D eigenvalue weighted by atomic mass is 10.2. The summed E-state index contributed by atoms with van der Waals surface area (Å²) in [5.41, 5.74) is 10.3. The van der Waals surface area contributed by atoms with Gasteiger partial charge in [0.1, 0.15) is 6.04 Å². The number of nitrogens with one attached hydrogen (secondary N) is 1. The number of carbonyl (C=O) groups excluding carboxylic acids is 3. The maximum Gasteiger partial charge on any atom is 0.312 e. The standard InChI is InChI=1S/C9H14N4O4S/c10-6(18)3-12-8(15)9(16)13-1-2-17-4-5(13)7(11)14/h5H,1-4H2,(H2,10,18)(H2,11,14)(H,12,15). The molecule has 1 heterocycles. The van der Waals surface area contributed by atoms with Gasteiger partial charge in [-0.3, -0.25) is 14.4 Å². The van der Waals surface area contributed by atoms with E-state index in [1.54, 1.807) is 0 Å². The van der Waals surface area contributed by atoms with Crippen LogP contribution in [0.15, 0.2) is 0 Å². The van der Waals surface area contributed by atoms with E-state index in [0.29, 0.717) is 0 Å². The Hall–Kier alpha value is -1.74. The highest BCUT2D eigenvalue weighted by Gasteiger charge is 2.34. The Morgan fingerprint density at radius 2 is 2.06 bits per heavy atom. The van der Waals surface area contributed by atoms with E-state index in [1.807, 2.05) is 0 Å². The molecule has 0 radical (unpaired) electrons. The Balaban J connectivity index is 2.65. The highest BCUT2D eigenvalue weighted by molar-refractivity contribution is 7.80. The minimum Gasteiger partial charge on any atom is -0.392 e. The number of thiocarbonyl (C=S) groups is 1. The Kier molecular flexibility index (Phi) is 4.98. The molecule has 1 unspecified atom stereocenters. The first kappa shape index (κ1) is 14.3. The molecule has 1 fully saturated rings. The third-order valence-electron chi connectivity index (χ3n) is 2.34. The predicted octanol–water partition coefficient (Wildman–Crippen LogP) is -2.90. The molecule has 18 heavy (non-hydrogen) atoms. The monoisotopic (exact) mass is 274 g/mol. The second kappa shape index (κ2) is 6.26. The lowest BCUT2D eigenvalue weighted by molar-refractivity contribution is -0.154. The molecule has 1 aliphatic rings. The van der Waals surface area contributed by atoms with E-state index in [9.17, 15) is 14.4 Å². The molecule has 8 nitrogen and oxygen atoms in total. The van der Waals surface area contributed by atoms with Crippen molar-refractivity contribution in [2.45, 2.75) is 6.04 Å². The largest absolute Gasteiger partial charge is 0.392 e. The van der Waals surface area contributed by atoms with E-state index in [2.05, 4.69) is 17.5 Å². The summed E-state index contributed by atoms with van der Waals surface area (Å²) in [5, 5.41) is 2.25. The lowest BCUT2D eigenvalue weighted by Crippen LogP contribution is -2.58. The molecule has 0 aromatic carbocycles. The molecule has 1 aliphatic heterocycles. The van der Waals surface area contributed by atoms with E-state index in [4.69, 9.17) is 16.2 Å².